The Morgan fingerprint density at radius 3 is 0.333 bits per heavy atom. The Morgan fingerprint density at radius 2 is 0.250 bits per heavy atom. The van der Waals surface area contributed by atoms with E-state index in [2.05, 4.69) is 0 Å². The average molecular weight is 168 g/mol. The van der Waals surface area contributed by atoms with E-state index in [1.165, 1.54) is 77.0 Å². The zero-order chi connectivity index (χ0) is 8.49. The third-order valence-corrected chi connectivity index (χ3v) is 3.00. The summed E-state index contributed by atoms with van der Waals surface area (Å²) >= 11 is 0. The van der Waals surface area contributed by atoms with Crippen molar-refractivity contribution in [2.75, 3.05) is 0 Å². The highest BCUT2D eigenvalue weighted by Gasteiger charge is 1.96. The van der Waals surface area contributed by atoms with E-state index in [-0.39, 0.29) is 0 Å². The van der Waals surface area contributed by atoms with Crippen molar-refractivity contribution in [1.82, 2.24) is 0 Å². The van der Waals surface area contributed by atoms with Gasteiger partial charge in [0.1, 0.15) is 0 Å². The lowest BCUT2D eigenvalue weighted by molar-refractivity contribution is 0.504. The molecule has 0 bridgehead atoms. The summed E-state index contributed by atoms with van der Waals surface area (Å²) in [6.07, 6.45) is 18.0. The first-order chi connectivity index (χ1) is 6.00. The molecule has 72 valence electrons. The fraction of sp³-hybridized carbons (Fsp3) is 1.00. The predicted molar refractivity (Wildman–Crippen MR) is 55.4 cm³/mol. The van der Waals surface area contributed by atoms with Gasteiger partial charge in [0.05, 0.1) is 0 Å². The highest BCUT2D eigenvalue weighted by molar-refractivity contribution is 4.51. The molecule has 0 radical (unpaired) electrons. The third-order valence-electron chi connectivity index (χ3n) is 3.00. The van der Waals surface area contributed by atoms with E-state index in [1.54, 1.807) is 0 Å². The van der Waals surface area contributed by atoms with Crippen LogP contribution in [0.25, 0.3) is 0 Å². The Labute approximate surface area is 77.7 Å². The molecule has 0 heteroatoms. The molecule has 2 fully saturated rings. The molecule has 0 amide bonds. The second kappa shape index (κ2) is 7.64. The molecule has 0 unspecified atom stereocenters. The zero-order valence-electron chi connectivity index (χ0n) is 8.49. The minimum absolute atomic E-state index is 1.50. The lowest BCUT2D eigenvalue weighted by Gasteiger charge is -2.05. The van der Waals surface area contributed by atoms with Gasteiger partial charge >= 0.3 is 0 Å². The van der Waals surface area contributed by atoms with Gasteiger partial charge in [0, 0.05) is 0 Å². The van der Waals surface area contributed by atoms with E-state index in [9.17, 15) is 0 Å². The molecule has 0 aromatic carbocycles. The number of rotatable bonds is 0. The van der Waals surface area contributed by atoms with Crippen molar-refractivity contribution in [1.29, 1.82) is 0 Å². The number of hydrogen-bond donors (Lipinski definition) is 0. The van der Waals surface area contributed by atoms with Gasteiger partial charge < -0.3 is 0 Å². The summed E-state index contributed by atoms with van der Waals surface area (Å²) in [6.45, 7) is 0. The van der Waals surface area contributed by atoms with Gasteiger partial charge in [-0.3, -0.25) is 0 Å². The molecule has 2 aliphatic carbocycles. The Hall–Kier alpha value is 0. The van der Waals surface area contributed by atoms with Gasteiger partial charge in [-0.1, -0.05) is 77.0 Å². The molecule has 2 rings (SSSR count). The Morgan fingerprint density at radius 1 is 0.167 bits per heavy atom. The summed E-state index contributed by atoms with van der Waals surface area (Å²) in [7, 11) is 0. The molecule has 0 N–H and O–H groups in total. The van der Waals surface area contributed by atoms with Crippen molar-refractivity contribution >= 4 is 0 Å². The zero-order valence-corrected chi connectivity index (χ0v) is 8.49. The molecular weight excluding hydrogens is 144 g/mol. The van der Waals surface area contributed by atoms with Gasteiger partial charge in [0.25, 0.3) is 0 Å². The van der Waals surface area contributed by atoms with E-state index in [1.807, 2.05) is 0 Å². The summed E-state index contributed by atoms with van der Waals surface area (Å²) < 4.78 is 0. The van der Waals surface area contributed by atoms with E-state index in [0.717, 1.165) is 0 Å². The summed E-state index contributed by atoms with van der Waals surface area (Å²) in [6, 6.07) is 0. The van der Waals surface area contributed by atoms with Crippen molar-refractivity contribution in [3.8, 4) is 0 Å². The molecule has 0 aliphatic heterocycles. The quantitative estimate of drug-likeness (QED) is 0.492. The maximum absolute atomic E-state index is 1.50. The molecule has 0 spiro atoms. The van der Waals surface area contributed by atoms with Crippen LogP contribution < -0.4 is 0 Å². The van der Waals surface area contributed by atoms with Crippen LogP contribution in [0.3, 0.4) is 0 Å². The molecule has 0 aromatic heterocycles. The Balaban J connectivity index is 0.000000150. The normalized spacial score (nSPS) is 24.0. The summed E-state index contributed by atoms with van der Waals surface area (Å²) in [5.41, 5.74) is 0. The van der Waals surface area contributed by atoms with Crippen molar-refractivity contribution in [3.63, 3.8) is 0 Å². The van der Waals surface area contributed by atoms with Crippen LogP contribution in [0.2, 0.25) is 0 Å². The van der Waals surface area contributed by atoms with Gasteiger partial charge in [0.15, 0.2) is 0 Å². The lowest BCUT2D eigenvalue weighted by atomic mass is 10.0. The SMILES string of the molecule is C1CCC1.C1CCCCCCC1. The first-order valence-corrected chi connectivity index (χ1v) is 6.00. The molecule has 0 saturated heterocycles. The molecule has 0 nitrogen and oxygen atoms in total. The maximum Gasteiger partial charge on any atom is -0.0533 e. The van der Waals surface area contributed by atoms with Gasteiger partial charge in [-0.15, -0.1) is 0 Å². The standard InChI is InChI=1S/C8H16.C4H8/c1-2-4-6-8-7-5-3-1;1-2-4-3-1/h1-8H2;1-4H2. The van der Waals surface area contributed by atoms with Gasteiger partial charge in [0.2, 0.25) is 0 Å². The second-order valence-corrected chi connectivity index (χ2v) is 4.24. The van der Waals surface area contributed by atoms with Crippen molar-refractivity contribution < 1.29 is 0 Å². The Kier molecular flexibility index (Phi) is 6.42. The van der Waals surface area contributed by atoms with Crippen LogP contribution in [0.15, 0.2) is 0 Å². The van der Waals surface area contributed by atoms with Crippen LogP contribution in [0.5, 0.6) is 0 Å². The first kappa shape index (κ1) is 10.1. The molecular formula is C12H24. The fourth-order valence-corrected chi connectivity index (χ4v) is 1.66. The summed E-state index contributed by atoms with van der Waals surface area (Å²) in [5, 5.41) is 0. The minimum atomic E-state index is 1.50. The average Bonchev–Trinajstić information content (AvgIpc) is 1.79. The van der Waals surface area contributed by atoms with E-state index >= 15 is 0 Å². The van der Waals surface area contributed by atoms with Crippen molar-refractivity contribution in [2.24, 2.45) is 0 Å². The van der Waals surface area contributed by atoms with Crippen molar-refractivity contribution in [3.05, 3.63) is 0 Å². The largest absolute Gasteiger partial charge is 0.0533 e. The monoisotopic (exact) mass is 168 g/mol. The molecule has 0 atom stereocenters. The van der Waals surface area contributed by atoms with E-state index in [0.29, 0.717) is 0 Å². The molecule has 2 aliphatic rings. The highest BCUT2D eigenvalue weighted by atomic mass is 14.0. The Bertz CT molecular complexity index is 54.0. The van der Waals surface area contributed by atoms with Crippen LogP contribution in [0.1, 0.15) is 77.0 Å². The summed E-state index contributed by atoms with van der Waals surface area (Å²) in [5.74, 6) is 0. The number of hydrogen-bond acceptors (Lipinski definition) is 0. The topological polar surface area (TPSA) is 0 Å². The smallest absolute Gasteiger partial charge is 0.0533 e. The third kappa shape index (κ3) is 5.62. The van der Waals surface area contributed by atoms with Crippen LogP contribution in [0, 0.1) is 0 Å². The molecule has 2 saturated carbocycles. The van der Waals surface area contributed by atoms with E-state index in [4.69, 9.17) is 0 Å². The fourth-order valence-electron chi connectivity index (χ4n) is 1.66. The van der Waals surface area contributed by atoms with E-state index < -0.39 is 0 Å². The van der Waals surface area contributed by atoms with Gasteiger partial charge in [-0.25, -0.2) is 0 Å². The molecule has 0 heterocycles. The van der Waals surface area contributed by atoms with Crippen LogP contribution >= 0.6 is 0 Å². The van der Waals surface area contributed by atoms with Gasteiger partial charge in [-0.05, 0) is 0 Å². The predicted octanol–water partition coefficient (Wildman–Crippen LogP) is 4.68. The van der Waals surface area contributed by atoms with Gasteiger partial charge in [-0.2, -0.15) is 0 Å². The van der Waals surface area contributed by atoms with Crippen LogP contribution in [0.4, 0.5) is 0 Å². The highest BCUT2D eigenvalue weighted by Crippen LogP contribution is 2.15. The minimum Gasteiger partial charge on any atom is -0.0533 e. The maximum atomic E-state index is 1.50. The van der Waals surface area contributed by atoms with Crippen molar-refractivity contribution in [2.45, 2.75) is 77.0 Å². The first-order valence-electron chi connectivity index (χ1n) is 6.00. The molecule has 12 heavy (non-hydrogen) atoms. The van der Waals surface area contributed by atoms with Crippen LogP contribution in [-0.2, 0) is 0 Å². The molecule has 0 aromatic rings. The lowest BCUT2D eigenvalue weighted by Crippen LogP contribution is -1.85. The second-order valence-electron chi connectivity index (χ2n) is 4.24. The summed E-state index contributed by atoms with van der Waals surface area (Å²) in [4.78, 5) is 0. The van der Waals surface area contributed by atoms with Crippen LogP contribution in [-0.4, -0.2) is 0 Å².